The van der Waals surface area contributed by atoms with Gasteiger partial charge in [0.1, 0.15) is 17.4 Å². The lowest BCUT2D eigenvalue weighted by molar-refractivity contribution is -0.128. The van der Waals surface area contributed by atoms with E-state index >= 15 is 0 Å². The Morgan fingerprint density at radius 1 is 0.828 bits per heavy atom. The second-order valence-corrected chi connectivity index (χ2v) is 6.58. The first-order valence-corrected chi connectivity index (χ1v) is 9.09. The monoisotopic (exact) mass is 380 g/mol. The minimum atomic E-state index is -0.526. The fourth-order valence-corrected chi connectivity index (χ4v) is 3.27. The first-order chi connectivity index (χ1) is 14.2. The number of fused-ring (bicyclic) bond motifs is 2. The van der Waals surface area contributed by atoms with Crippen LogP contribution < -0.4 is 4.74 Å². The molecule has 0 aliphatic rings. The van der Waals surface area contributed by atoms with Gasteiger partial charge in [-0.1, -0.05) is 30.8 Å². The van der Waals surface area contributed by atoms with Crippen LogP contribution in [0.5, 0.6) is 5.75 Å². The summed E-state index contributed by atoms with van der Waals surface area (Å²) in [5.74, 6) is 1.23. The van der Waals surface area contributed by atoms with Crippen LogP contribution in [0.15, 0.2) is 79.4 Å². The largest absolute Gasteiger partial charge is 0.423 e. The van der Waals surface area contributed by atoms with Crippen LogP contribution in [0.3, 0.4) is 0 Å². The van der Waals surface area contributed by atoms with Crippen LogP contribution in [0.2, 0.25) is 0 Å². The highest BCUT2D eigenvalue weighted by atomic mass is 16.5. The molecule has 0 unspecified atom stereocenters. The summed E-state index contributed by atoms with van der Waals surface area (Å²) in [4.78, 5) is 27.7. The van der Waals surface area contributed by atoms with Crippen molar-refractivity contribution in [2.75, 3.05) is 0 Å². The standard InChI is InChI=1S/C23H16N4O2/c1-2-21(28)29-16-12-14(22-24-17-7-3-4-8-18(17)25-22)11-15(13-16)23-26-19-9-5-6-10-20(19)27-23/h2-13H,1H2,(H,24,25)(H,26,27). The molecule has 6 heteroatoms. The van der Waals surface area contributed by atoms with Crippen molar-refractivity contribution in [3.8, 4) is 28.5 Å². The number of carbonyl (C=O) groups excluding carboxylic acids is 1. The molecule has 0 saturated carbocycles. The zero-order valence-electron chi connectivity index (χ0n) is 15.3. The number of para-hydroxylation sites is 4. The summed E-state index contributed by atoms with van der Waals surface area (Å²) in [6.07, 6.45) is 1.13. The Balaban J connectivity index is 1.67. The van der Waals surface area contributed by atoms with Gasteiger partial charge in [-0.05, 0) is 42.5 Å². The van der Waals surface area contributed by atoms with Crippen molar-refractivity contribution in [2.45, 2.75) is 0 Å². The van der Waals surface area contributed by atoms with Crippen LogP contribution in [-0.2, 0) is 4.79 Å². The first-order valence-electron chi connectivity index (χ1n) is 9.09. The van der Waals surface area contributed by atoms with Crippen molar-refractivity contribution in [3.63, 3.8) is 0 Å². The number of benzene rings is 3. The first kappa shape index (κ1) is 16.9. The molecule has 5 rings (SSSR count). The van der Waals surface area contributed by atoms with E-state index in [0.29, 0.717) is 17.4 Å². The number of carbonyl (C=O) groups is 1. The lowest BCUT2D eigenvalue weighted by Gasteiger charge is -2.07. The average molecular weight is 380 g/mol. The fraction of sp³-hybridized carbons (Fsp3) is 0. The molecule has 0 bridgehead atoms. The van der Waals surface area contributed by atoms with Gasteiger partial charge >= 0.3 is 5.97 Å². The minimum absolute atomic E-state index is 0.392. The number of esters is 1. The van der Waals surface area contributed by atoms with Crippen LogP contribution in [0.1, 0.15) is 0 Å². The topological polar surface area (TPSA) is 83.7 Å². The van der Waals surface area contributed by atoms with Crippen LogP contribution in [0.4, 0.5) is 0 Å². The quantitative estimate of drug-likeness (QED) is 0.265. The van der Waals surface area contributed by atoms with Crippen molar-refractivity contribution in [3.05, 3.63) is 79.4 Å². The molecule has 2 aromatic heterocycles. The van der Waals surface area contributed by atoms with E-state index in [2.05, 4.69) is 26.5 Å². The number of aromatic amines is 2. The van der Waals surface area contributed by atoms with Gasteiger partial charge in [0.2, 0.25) is 0 Å². The zero-order chi connectivity index (χ0) is 19.8. The number of ether oxygens (including phenoxy) is 1. The van der Waals surface area contributed by atoms with Crippen LogP contribution in [-0.4, -0.2) is 25.9 Å². The Bertz CT molecular complexity index is 1220. The SMILES string of the molecule is C=CC(=O)Oc1cc(-c2nc3ccccc3[nH]2)cc(-c2nc3ccccc3[nH]2)c1. The van der Waals surface area contributed by atoms with Gasteiger partial charge in [-0.15, -0.1) is 0 Å². The lowest BCUT2D eigenvalue weighted by Crippen LogP contribution is -2.03. The molecular formula is C23H16N4O2. The van der Waals surface area contributed by atoms with Gasteiger partial charge in [-0.3, -0.25) is 0 Å². The molecule has 6 nitrogen and oxygen atoms in total. The van der Waals surface area contributed by atoms with Crippen LogP contribution in [0.25, 0.3) is 44.8 Å². The van der Waals surface area contributed by atoms with Gasteiger partial charge in [0.15, 0.2) is 0 Å². The Morgan fingerprint density at radius 2 is 1.34 bits per heavy atom. The fourth-order valence-electron chi connectivity index (χ4n) is 3.27. The van der Waals surface area contributed by atoms with Gasteiger partial charge in [0, 0.05) is 17.2 Å². The van der Waals surface area contributed by atoms with Crippen LogP contribution in [0, 0.1) is 0 Å². The molecule has 0 fully saturated rings. The Hall–Kier alpha value is -4.19. The highest BCUT2D eigenvalue weighted by Crippen LogP contribution is 2.31. The molecule has 0 aliphatic heterocycles. The van der Waals surface area contributed by atoms with E-state index in [9.17, 15) is 4.79 Å². The van der Waals surface area contributed by atoms with Gasteiger partial charge in [-0.25, -0.2) is 14.8 Å². The lowest BCUT2D eigenvalue weighted by atomic mass is 10.1. The number of nitrogens with zero attached hydrogens (tertiary/aromatic N) is 2. The molecule has 0 spiro atoms. The Morgan fingerprint density at radius 3 is 1.83 bits per heavy atom. The maximum Gasteiger partial charge on any atom is 0.335 e. The molecule has 0 atom stereocenters. The van der Waals surface area contributed by atoms with E-state index in [1.54, 1.807) is 12.1 Å². The van der Waals surface area contributed by atoms with E-state index in [4.69, 9.17) is 4.74 Å². The highest BCUT2D eigenvalue weighted by Gasteiger charge is 2.13. The Labute approximate surface area is 165 Å². The van der Waals surface area contributed by atoms with Crippen molar-refractivity contribution >= 4 is 28.0 Å². The maximum atomic E-state index is 11.8. The number of hydrogen-bond acceptors (Lipinski definition) is 4. The van der Waals surface area contributed by atoms with Gasteiger partial charge in [0.25, 0.3) is 0 Å². The second-order valence-electron chi connectivity index (χ2n) is 6.58. The van der Waals surface area contributed by atoms with Gasteiger partial charge < -0.3 is 14.7 Å². The number of H-pyrrole nitrogens is 2. The second kappa shape index (κ2) is 6.76. The van der Waals surface area contributed by atoms with Crippen molar-refractivity contribution in [2.24, 2.45) is 0 Å². The number of imidazole rings is 2. The molecule has 2 N–H and O–H groups in total. The summed E-state index contributed by atoms with van der Waals surface area (Å²) in [7, 11) is 0. The van der Waals surface area contributed by atoms with E-state index in [0.717, 1.165) is 39.3 Å². The predicted molar refractivity (Wildman–Crippen MR) is 112 cm³/mol. The van der Waals surface area contributed by atoms with Crippen molar-refractivity contribution in [1.82, 2.24) is 19.9 Å². The molecule has 2 heterocycles. The van der Waals surface area contributed by atoms with E-state index < -0.39 is 5.97 Å². The maximum absolute atomic E-state index is 11.8. The summed E-state index contributed by atoms with van der Waals surface area (Å²) in [5, 5.41) is 0. The van der Waals surface area contributed by atoms with Crippen molar-refractivity contribution in [1.29, 1.82) is 0 Å². The normalized spacial score (nSPS) is 11.0. The summed E-state index contributed by atoms with van der Waals surface area (Å²) < 4.78 is 5.40. The molecular weight excluding hydrogens is 364 g/mol. The zero-order valence-corrected chi connectivity index (χ0v) is 15.3. The number of nitrogens with one attached hydrogen (secondary N) is 2. The third kappa shape index (κ3) is 3.17. The summed E-state index contributed by atoms with van der Waals surface area (Å²) in [6, 6.07) is 21.1. The average Bonchev–Trinajstić information content (AvgIpc) is 3.37. The molecule has 0 radical (unpaired) electrons. The van der Waals surface area contributed by atoms with Gasteiger partial charge in [0.05, 0.1) is 22.1 Å². The minimum Gasteiger partial charge on any atom is -0.423 e. The smallest absolute Gasteiger partial charge is 0.335 e. The third-order valence-electron chi connectivity index (χ3n) is 4.62. The predicted octanol–water partition coefficient (Wildman–Crippen LogP) is 4.86. The molecule has 140 valence electrons. The molecule has 29 heavy (non-hydrogen) atoms. The summed E-state index contributed by atoms with van der Waals surface area (Å²) in [5.41, 5.74) is 5.15. The third-order valence-corrected chi connectivity index (χ3v) is 4.62. The molecule has 0 saturated heterocycles. The van der Waals surface area contributed by atoms with Crippen LogP contribution >= 0.6 is 0 Å². The molecule has 3 aromatic carbocycles. The molecule has 5 aromatic rings. The number of rotatable bonds is 4. The number of hydrogen-bond donors (Lipinski definition) is 2. The summed E-state index contributed by atoms with van der Waals surface area (Å²) in [6.45, 7) is 3.46. The summed E-state index contributed by atoms with van der Waals surface area (Å²) >= 11 is 0. The van der Waals surface area contributed by atoms with E-state index in [-0.39, 0.29) is 0 Å². The van der Waals surface area contributed by atoms with Gasteiger partial charge in [-0.2, -0.15) is 0 Å². The van der Waals surface area contributed by atoms with E-state index in [1.165, 1.54) is 0 Å². The molecule has 0 amide bonds. The molecule has 0 aliphatic carbocycles. The Kier molecular flexibility index (Phi) is 3.95. The van der Waals surface area contributed by atoms with Crippen molar-refractivity contribution < 1.29 is 9.53 Å². The highest BCUT2D eigenvalue weighted by molar-refractivity contribution is 5.86. The number of aromatic nitrogens is 4. The van der Waals surface area contributed by atoms with E-state index in [1.807, 2.05) is 54.6 Å².